The molecule has 144 valence electrons. The largest absolute Gasteiger partial charge is 0.497 e. The minimum atomic E-state index is -0.169. The molecule has 2 aromatic carbocycles. The lowest BCUT2D eigenvalue weighted by molar-refractivity contribution is 0.102. The number of rotatable bonds is 5. The lowest BCUT2D eigenvalue weighted by atomic mass is 10.1. The summed E-state index contributed by atoms with van der Waals surface area (Å²) in [5, 5.41) is 3.98. The van der Waals surface area contributed by atoms with E-state index in [9.17, 15) is 4.79 Å². The molecule has 0 aliphatic carbocycles. The Bertz CT molecular complexity index is 1190. The molecule has 28 heavy (non-hydrogen) atoms. The lowest BCUT2D eigenvalue weighted by Crippen LogP contribution is -2.13. The summed E-state index contributed by atoms with van der Waals surface area (Å²) in [6.45, 7) is 7.03. The van der Waals surface area contributed by atoms with Gasteiger partial charge in [0.15, 0.2) is 0 Å². The SMILES string of the molecule is CCc1nc2cc(NC(=O)c3[nH]c4ccc(OC)cc4c3C)ccc2n1CC. The average molecular weight is 376 g/mol. The van der Waals surface area contributed by atoms with Crippen LogP contribution in [0.2, 0.25) is 0 Å². The predicted octanol–water partition coefficient (Wildman–Crippen LogP) is 4.67. The number of nitrogens with zero attached hydrogens (tertiary/aromatic N) is 2. The van der Waals surface area contributed by atoms with E-state index in [1.165, 1.54) is 0 Å². The molecule has 0 aliphatic heterocycles. The number of H-pyrrole nitrogens is 1. The van der Waals surface area contributed by atoms with Gasteiger partial charge in [-0.3, -0.25) is 4.79 Å². The van der Waals surface area contributed by atoms with Crippen molar-refractivity contribution in [1.82, 2.24) is 14.5 Å². The Hall–Kier alpha value is -3.28. The van der Waals surface area contributed by atoms with Crippen LogP contribution in [0.15, 0.2) is 36.4 Å². The van der Waals surface area contributed by atoms with E-state index in [0.717, 1.165) is 57.7 Å². The van der Waals surface area contributed by atoms with E-state index in [0.29, 0.717) is 5.69 Å². The number of nitrogens with one attached hydrogen (secondary N) is 2. The maximum atomic E-state index is 12.9. The van der Waals surface area contributed by atoms with Gasteiger partial charge in [-0.15, -0.1) is 0 Å². The molecule has 0 saturated heterocycles. The first-order valence-corrected chi connectivity index (χ1v) is 9.52. The van der Waals surface area contributed by atoms with Gasteiger partial charge in [0.25, 0.3) is 5.91 Å². The molecule has 0 bridgehead atoms. The van der Waals surface area contributed by atoms with Gasteiger partial charge in [-0.2, -0.15) is 0 Å². The summed E-state index contributed by atoms with van der Waals surface area (Å²) in [6.07, 6.45) is 0.877. The minimum absolute atomic E-state index is 0.169. The molecule has 2 N–H and O–H groups in total. The van der Waals surface area contributed by atoms with Crippen molar-refractivity contribution in [3.63, 3.8) is 0 Å². The Morgan fingerprint density at radius 2 is 2.04 bits per heavy atom. The number of hydrogen-bond acceptors (Lipinski definition) is 3. The predicted molar refractivity (Wildman–Crippen MR) is 112 cm³/mol. The van der Waals surface area contributed by atoms with Crippen LogP contribution in [0.5, 0.6) is 5.75 Å². The number of aromatic nitrogens is 3. The third-order valence-corrected chi connectivity index (χ3v) is 5.21. The number of benzene rings is 2. The molecule has 2 aromatic heterocycles. The van der Waals surface area contributed by atoms with Crippen LogP contribution in [0.25, 0.3) is 21.9 Å². The van der Waals surface area contributed by atoms with Gasteiger partial charge in [-0.1, -0.05) is 6.92 Å². The van der Waals surface area contributed by atoms with Crippen LogP contribution in [0.3, 0.4) is 0 Å². The van der Waals surface area contributed by atoms with Crippen LogP contribution in [0.4, 0.5) is 5.69 Å². The third kappa shape index (κ3) is 2.91. The van der Waals surface area contributed by atoms with Crippen molar-refractivity contribution < 1.29 is 9.53 Å². The molecule has 0 unspecified atom stereocenters. The molecule has 0 saturated carbocycles. The van der Waals surface area contributed by atoms with Crippen molar-refractivity contribution in [2.75, 3.05) is 12.4 Å². The number of anilines is 1. The van der Waals surface area contributed by atoms with E-state index < -0.39 is 0 Å². The summed E-state index contributed by atoms with van der Waals surface area (Å²) in [5.74, 6) is 1.66. The van der Waals surface area contributed by atoms with E-state index in [-0.39, 0.29) is 5.91 Å². The number of ether oxygens (including phenoxy) is 1. The molecule has 0 atom stereocenters. The molecular formula is C22H24N4O2. The topological polar surface area (TPSA) is 71.9 Å². The zero-order valence-corrected chi connectivity index (χ0v) is 16.6. The Morgan fingerprint density at radius 1 is 1.21 bits per heavy atom. The number of fused-ring (bicyclic) bond motifs is 2. The van der Waals surface area contributed by atoms with Crippen LogP contribution in [0.1, 0.15) is 35.7 Å². The summed E-state index contributed by atoms with van der Waals surface area (Å²) >= 11 is 0. The zero-order chi connectivity index (χ0) is 19.8. The van der Waals surface area contributed by atoms with Crippen molar-refractivity contribution in [3.05, 3.63) is 53.5 Å². The van der Waals surface area contributed by atoms with Gasteiger partial charge in [0.2, 0.25) is 0 Å². The van der Waals surface area contributed by atoms with Crippen LogP contribution in [0, 0.1) is 6.92 Å². The van der Waals surface area contributed by atoms with Crippen LogP contribution < -0.4 is 10.1 Å². The highest BCUT2D eigenvalue weighted by Crippen LogP contribution is 2.27. The van der Waals surface area contributed by atoms with Gasteiger partial charge in [0.05, 0.1) is 18.1 Å². The molecule has 0 spiro atoms. The zero-order valence-electron chi connectivity index (χ0n) is 16.6. The maximum Gasteiger partial charge on any atom is 0.272 e. The van der Waals surface area contributed by atoms with Gasteiger partial charge in [0, 0.05) is 29.6 Å². The molecule has 4 aromatic rings. The monoisotopic (exact) mass is 376 g/mol. The fourth-order valence-corrected chi connectivity index (χ4v) is 3.73. The van der Waals surface area contributed by atoms with Crippen LogP contribution >= 0.6 is 0 Å². The second kappa shape index (κ2) is 7.03. The summed E-state index contributed by atoms with van der Waals surface area (Å²) in [6, 6.07) is 11.6. The molecule has 0 aliphatic rings. The highest BCUT2D eigenvalue weighted by Gasteiger charge is 2.16. The van der Waals surface area contributed by atoms with Gasteiger partial charge < -0.3 is 19.6 Å². The molecule has 0 radical (unpaired) electrons. The summed E-state index contributed by atoms with van der Waals surface area (Å²) in [7, 11) is 1.64. The first kappa shape index (κ1) is 18.1. The number of methoxy groups -OCH3 is 1. The molecule has 6 heteroatoms. The van der Waals surface area contributed by atoms with Gasteiger partial charge in [0.1, 0.15) is 17.3 Å². The van der Waals surface area contributed by atoms with E-state index in [4.69, 9.17) is 9.72 Å². The van der Waals surface area contributed by atoms with E-state index in [1.807, 2.05) is 43.3 Å². The first-order chi connectivity index (χ1) is 13.5. The normalized spacial score (nSPS) is 11.3. The van der Waals surface area contributed by atoms with Crippen molar-refractivity contribution in [2.45, 2.75) is 33.7 Å². The molecule has 0 fully saturated rings. The molecule has 4 rings (SSSR count). The smallest absolute Gasteiger partial charge is 0.272 e. The highest BCUT2D eigenvalue weighted by molar-refractivity contribution is 6.08. The summed E-state index contributed by atoms with van der Waals surface area (Å²) in [4.78, 5) is 20.8. The Morgan fingerprint density at radius 3 is 2.75 bits per heavy atom. The molecular weight excluding hydrogens is 352 g/mol. The van der Waals surface area contributed by atoms with Gasteiger partial charge in [-0.25, -0.2) is 4.98 Å². The Kier molecular flexibility index (Phi) is 4.55. The van der Waals surface area contributed by atoms with Crippen molar-refractivity contribution >= 4 is 33.5 Å². The number of aryl methyl sites for hydroxylation is 3. The number of amides is 1. The number of hydrogen-bond donors (Lipinski definition) is 2. The standard InChI is InChI=1S/C22H24N4O2/c1-5-20-24-18-11-14(7-10-19(18)26(20)6-2)23-22(27)21-13(3)16-12-15(28-4)8-9-17(16)25-21/h7-12,25H,5-6H2,1-4H3,(H,23,27). The molecule has 1 amide bonds. The average Bonchev–Trinajstić information content (AvgIpc) is 3.24. The summed E-state index contributed by atoms with van der Waals surface area (Å²) in [5.41, 5.74) is 5.08. The van der Waals surface area contributed by atoms with Gasteiger partial charge >= 0.3 is 0 Å². The van der Waals surface area contributed by atoms with Crippen molar-refractivity contribution in [2.24, 2.45) is 0 Å². The second-order valence-corrected chi connectivity index (χ2v) is 6.82. The van der Waals surface area contributed by atoms with E-state index >= 15 is 0 Å². The van der Waals surface area contributed by atoms with Crippen molar-refractivity contribution in [1.29, 1.82) is 0 Å². The van der Waals surface area contributed by atoms with Crippen LogP contribution in [-0.4, -0.2) is 27.6 Å². The number of aromatic amines is 1. The summed E-state index contributed by atoms with van der Waals surface area (Å²) < 4.78 is 7.49. The number of carbonyl (C=O) groups is 1. The Balaban J connectivity index is 1.66. The number of carbonyl (C=O) groups excluding carboxylic acids is 1. The Labute approximate surface area is 163 Å². The van der Waals surface area contributed by atoms with Gasteiger partial charge in [-0.05, 0) is 55.8 Å². The first-order valence-electron chi connectivity index (χ1n) is 9.52. The number of imidazole rings is 1. The van der Waals surface area contributed by atoms with E-state index in [2.05, 4.69) is 28.7 Å². The molecule has 6 nitrogen and oxygen atoms in total. The molecule has 2 heterocycles. The lowest BCUT2D eigenvalue weighted by Gasteiger charge is -2.06. The minimum Gasteiger partial charge on any atom is -0.497 e. The van der Waals surface area contributed by atoms with Crippen LogP contribution in [-0.2, 0) is 13.0 Å². The fraction of sp³-hybridized carbons (Fsp3) is 0.273. The van der Waals surface area contributed by atoms with Crippen molar-refractivity contribution in [3.8, 4) is 5.75 Å². The quantitative estimate of drug-likeness (QED) is 0.532. The maximum absolute atomic E-state index is 12.9. The van der Waals surface area contributed by atoms with E-state index in [1.54, 1.807) is 7.11 Å². The fourth-order valence-electron chi connectivity index (χ4n) is 3.73. The third-order valence-electron chi connectivity index (χ3n) is 5.21. The highest BCUT2D eigenvalue weighted by atomic mass is 16.5. The second-order valence-electron chi connectivity index (χ2n) is 6.82.